The van der Waals surface area contributed by atoms with Crippen LogP contribution in [0.15, 0.2) is 42.5 Å². The molecule has 0 radical (unpaired) electrons. The normalized spacial score (nSPS) is 21.5. The average Bonchev–Trinajstić information content (AvgIpc) is 3.18. The molecular formula is C25H28Cl2N2O2. The van der Waals surface area contributed by atoms with Gasteiger partial charge in [0.25, 0.3) is 0 Å². The molecule has 1 heterocycles. The second-order valence-corrected chi connectivity index (χ2v) is 9.49. The molecule has 0 bridgehead atoms. The third-order valence-corrected chi connectivity index (χ3v) is 7.44. The number of nitrogens with one attached hydrogen (secondary N) is 1. The predicted molar refractivity (Wildman–Crippen MR) is 124 cm³/mol. The molecule has 1 fully saturated rings. The fourth-order valence-corrected chi connectivity index (χ4v) is 5.59. The molecule has 0 aromatic heterocycles. The summed E-state index contributed by atoms with van der Waals surface area (Å²) in [5, 5.41) is 4.16. The smallest absolute Gasteiger partial charge is 0.246 e. The van der Waals surface area contributed by atoms with E-state index in [4.69, 9.17) is 23.2 Å². The van der Waals surface area contributed by atoms with Crippen LogP contribution in [0, 0.1) is 11.8 Å². The number of benzene rings is 2. The highest BCUT2D eigenvalue weighted by atomic mass is 35.5. The van der Waals surface area contributed by atoms with E-state index in [-0.39, 0.29) is 23.7 Å². The van der Waals surface area contributed by atoms with E-state index in [1.807, 2.05) is 18.2 Å². The van der Waals surface area contributed by atoms with Crippen LogP contribution < -0.4 is 5.32 Å². The summed E-state index contributed by atoms with van der Waals surface area (Å²) < 4.78 is 0. The van der Waals surface area contributed by atoms with Crippen molar-refractivity contribution in [3.63, 3.8) is 0 Å². The molecule has 4 rings (SSSR count). The van der Waals surface area contributed by atoms with Crippen LogP contribution in [0.2, 0.25) is 10.0 Å². The summed E-state index contributed by atoms with van der Waals surface area (Å²) in [4.78, 5) is 28.9. The number of piperazine rings is 1. The van der Waals surface area contributed by atoms with Crippen molar-refractivity contribution in [3.8, 4) is 0 Å². The molecule has 0 unspecified atom stereocenters. The highest BCUT2D eigenvalue weighted by molar-refractivity contribution is 6.35. The Morgan fingerprint density at radius 2 is 1.68 bits per heavy atom. The van der Waals surface area contributed by atoms with Gasteiger partial charge in [-0.2, -0.15) is 0 Å². The Kier molecular flexibility index (Phi) is 6.59. The summed E-state index contributed by atoms with van der Waals surface area (Å²) in [6.45, 7) is 4.44. The number of rotatable bonds is 6. The van der Waals surface area contributed by atoms with Gasteiger partial charge in [0.1, 0.15) is 12.1 Å². The van der Waals surface area contributed by atoms with Gasteiger partial charge in [-0.15, -0.1) is 0 Å². The first-order chi connectivity index (χ1) is 14.9. The number of amides is 2. The van der Waals surface area contributed by atoms with Crippen molar-refractivity contribution in [2.24, 2.45) is 11.8 Å². The fraction of sp³-hybridized carbons (Fsp3) is 0.440. The van der Waals surface area contributed by atoms with Gasteiger partial charge in [0.05, 0.1) is 0 Å². The molecule has 2 aromatic rings. The first-order valence-electron chi connectivity index (χ1n) is 11.0. The van der Waals surface area contributed by atoms with E-state index in [0.29, 0.717) is 16.6 Å². The van der Waals surface area contributed by atoms with E-state index in [1.165, 1.54) is 11.1 Å². The third-order valence-electron chi connectivity index (χ3n) is 6.86. The van der Waals surface area contributed by atoms with E-state index in [9.17, 15) is 9.59 Å². The maximum Gasteiger partial charge on any atom is 0.246 e. The number of nitrogens with zero attached hydrogens (tertiary/aromatic N) is 1. The van der Waals surface area contributed by atoms with Crippen molar-refractivity contribution in [1.82, 2.24) is 10.2 Å². The molecule has 6 heteroatoms. The average molecular weight is 459 g/mol. The number of fused-ring (bicyclic) bond motifs is 1. The maximum atomic E-state index is 13.8. The zero-order chi connectivity index (χ0) is 22.1. The van der Waals surface area contributed by atoms with E-state index in [2.05, 4.69) is 31.3 Å². The zero-order valence-electron chi connectivity index (χ0n) is 17.9. The molecule has 2 atom stereocenters. The number of hydrogen-bond donors (Lipinski definition) is 1. The van der Waals surface area contributed by atoms with Gasteiger partial charge in [-0.1, -0.05) is 80.2 Å². The van der Waals surface area contributed by atoms with E-state index >= 15 is 0 Å². The zero-order valence-corrected chi connectivity index (χ0v) is 19.4. The van der Waals surface area contributed by atoms with E-state index < -0.39 is 12.1 Å². The van der Waals surface area contributed by atoms with Gasteiger partial charge in [0.15, 0.2) is 0 Å². The van der Waals surface area contributed by atoms with Crippen LogP contribution in [0.1, 0.15) is 43.4 Å². The summed E-state index contributed by atoms with van der Waals surface area (Å²) in [6.07, 6.45) is 3.26. The van der Waals surface area contributed by atoms with Crippen LogP contribution >= 0.6 is 23.2 Å². The Morgan fingerprint density at radius 1 is 1.03 bits per heavy atom. The molecule has 164 valence electrons. The summed E-state index contributed by atoms with van der Waals surface area (Å²) in [7, 11) is 0. The van der Waals surface area contributed by atoms with Crippen LogP contribution in [-0.2, 0) is 29.0 Å². The van der Waals surface area contributed by atoms with E-state index in [0.717, 1.165) is 31.2 Å². The molecule has 2 amide bonds. The molecule has 1 N–H and O–H groups in total. The SMILES string of the molecule is CCC(CC)[C@@H]1C(=O)N[C@H](C2Cc3ccccc3C2)C(=O)N1Cc1ccc(Cl)cc1Cl. The van der Waals surface area contributed by atoms with Crippen LogP contribution in [0.4, 0.5) is 0 Å². The van der Waals surface area contributed by atoms with Gasteiger partial charge in [-0.3, -0.25) is 9.59 Å². The fourth-order valence-electron chi connectivity index (χ4n) is 5.12. The lowest BCUT2D eigenvalue weighted by atomic mass is 9.86. The molecule has 2 aliphatic rings. The molecule has 1 aliphatic heterocycles. The first-order valence-corrected chi connectivity index (χ1v) is 11.8. The van der Waals surface area contributed by atoms with Crippen molar-refractivity contribution >= 4 is 35.0 Å². The van der Waals surface area contributed by atoms with Gasteiger partial charge >= 0.3 is 0 Å². The second-order valence-electron chi connectivity index (χ2n) is 8.65. The Bertz CT molecular complexity index is 964. The summed E-state index contributed by atoms with van der Waals surface area (Å²) in [6, 6.07) is 12.6. The first kappa shape index (κ1) is 22.2. The Morgan fingerprint density at radius 3 is 2.26 bits per heavy atom. The Balaban J connectivity index is 1.65. The van der Waals surface area contributed by atoms with Gasteiger partial charge in [0, 0.05) is 16.6 Å². The lowest BCUT2D eigenvalue weighted by molar-refractivity contribution is -0.154. The van der Waals surface area contributed by atoms with E-state index in [1.54, 1.807) is 17.0 Å². The molecule has 31 heavy (non-hydrogen) atoms. The summed E-state index contributed by atoms with van der Waals surface area (Å²) >= 11 is 12.5. The molecule has 2 aromatic carbocycles. The highest BCUT2D eigenvalue weighted by Gasteiger charge is 2.47. The van der Waals surface area contributed by atoms with Crippen molar-refractivity contribution in [1.29, 1.82) is 0 Å². The minimum atomic E-state index is -0.517. The molecule has 1 saturated heterocycles. The van der Waals surface area contributed by atoms with Crippen LogP contribution in [0.25, 0.3) is 0 Å². The third kappa shape index (κ3) is 4.33. The topological polar surface area (TPSA) is 49.4 Å². The quantitative estimate of drug-likeness (QED) is 0.658. The van der Waals surface area contributed by atoms with Crippen molar-refractivity contribution in [3.05, 3.63) is 69.2 Å². The number of halogens is 2. The lowest BCUT2D eigenvalue weighted by Crippen LogP contribution is -2.66. The highest BCUT2D eigenvalue weighted by Crippen LogP contribution is 2.34. The summed E-state index contributed by atoms with van der Waals surface area (Å²) in [5.74, 6) is 0.0936. The molecule has 0 saturated carbocycles. The number of hydrogen-bond acceptors (Lipinski definition) is 2. The number of carbonyl (C=O) groups excluding carboxylic acids is 2. The van der Waals surface area contributed by atoms with Gasteiger partial charge < -0.3 is 10.2 Å². The van der Waals surface area contributed by atoms with Gasteiger partial charge in [0.2, 0.25) is 11.8 Å². The standard InChI is InChI=1S/C25H28Cl2N2O2/c1-3-15(4-2)23-24(30)28-22(19-11-16-7-5-6-8-17(16)12-19)25(31)29(23)14-18-9-10-20(26)13-21(18)27/h5-10,13,15,19,22-23H,3-4,11-12,14H2,1-2H3,(H,28,30)/t22-,23-/m1/s1. The molecule has 4 nitrogen and oxygen atoms in total. The van der Waals surface area contributed by atoms with Gasteiger partial charge in [-0.25, -0.2) is 0 Å². The minimum absolute atomic E-state index is 0.0136. The lowest BCUT2D eigenvalue weighted by Gasteiger charge is -2.43. The van der Waals surface area contributed by atoms with Crippen molar-refractivity contribution < 1.29 is 9.59 Å². The molecule has 1 aliphatic carbocycles. The minimum Gasteiger partial charge on any atom is -0.342 e. The van der Waals surface area contributed by atoms with Crippen molar-refractivity contribution in [2.75, 3.05) is 0 Å². The Labute approximate surface area is 193 Å². The monoisotopic (exact) mass is 458 g/mol. The van der Waals surface area contributed by atoms with Crippen LogP contribution in [0.5, 0.6) is 0 Å². The summed E-state index contributed by atoms with van der Waals surface area (Å²) in [5.41, 5.74) is 3.34. The maximum absolute atomic E-state index is 13.8. The second kappa shape index (κ2) is 9.22. The predicted octanol–water partition coefficient (Wildman–Crippen LogP) is 5.04. The van der Waals surface area contributed by atoms with Gasteiger partial charge in [-0.05, 0) is 53.5 Å². The molecule has 0 spiro atoms. The van der Waals surface area contributed by atoms with Crippen LogP contribution in [-0.4, -0.2) is 28.8 Å². The Hall–Kier alpha value is -2.04. The largest absolute Gasteiger partial charge is 0.342 e. The number of carbonyl (C=O) groups is 2. The molecular weight excluding hydrogens is 431 g/mol. The van der Waals surface area contributed by atoms with Crippen molar-refractivity contribution in [2.45, 2.75) is 58.2 Å². The van der Waals surface area contributed by atoms with Crippen LogP contribution in [0.3, 0.4) is 0 Å².